The lowest BCUT2D eigenvalue weighted by molar-refractivity contribution is -0.554. The maximum Gasteiger partial charge on any atom is 0.295 e. The van der Waals surface area contributed by atoms with Gasteiger partial charge in [0.25, 0.3) is 10.1 Å². The summed E-state index contributed by atoms with van der Waals surface area (Å²) in [5.74, 6) is 0. The SMILES string of the molecule is Cc1cc(C)c(S(=O)(=O)O)c(C)c1.O=[N+]([O-])n1[c-]cnn1. The lowest BCUT2D eigenvalue weighted by Crippen LogP contribution is -2.08. The van der Waals surface area contributed by atoms with Crippen molar-refractivity contribution in [2.45, 2.75) is 25.7 Å². The molecule has 0 saturated heterocycles. The fraction of sp³-hybridized carbons (Fsp3) is 0.273. The van der Waals surface area contributed by atoms with Crippen molar-refractivity contribution in [1.29, 1.82) is 0 Å². The molecule has 10 heteroatoms. The second-order valence-electron chi connectivity index (χ2n) is 4.19. The molecule has 0 unspecified atom stereocenters. The van der Waals surface area contributed by atoms with Crippen molar-refractivity contribution in [3.63, 3.8) is 0 Å². The highest BCUT2D eigenvalue weighted by molar-refractivity contribution is 7.86. The molecule has 114 valence electrons. The van der Waals surface area contributed by atoms with Crippen LogP contribution in [0, 0.1) is 37.1 Å². The van der Waals surface area contributed by atoms with Crippen molar-refractivity contribution in [2.24, 2.45) is 0 Å². The first-order chi connectivity index (χ1) is 9.62. The lowest BCUT2D eigenvalue weighted by atomic mass is 10.1. The third kappa shape index (κ3) is 4.61. The predicted octanol–water partition coefficient (Wildman–Crippen LogP) is 0.977. The van der Waals surface area contributed by atoms with Gasteiger partial charge in [0, 0.05) is 5.03 Å². The Hall–Kier alpha value is -2.33. The van der Waals surface area contributed by atoms with Crippen LogP contribution in [-0.2, 0) is 10.1 Å². The molecule has 1 heterocycles. The zero-order valence-electron chi connectivity index (χ0n) is 11.5. The summed E-state index contributed by atoms with van der Waals surface area (Å²) in [7, 11) is -4.08. The number of benzene rings is 1. The van der Waals surface area contributed by atoms with E-state index in [4.69, 9.17) is 4.55 Å². The Bertz CT molecular complexity index is 717. The Morgan fingerprint density at radius 3 is 2.10 bits per heavy atom. The van der Waals surface area contributed by atoms with Crippen LogP contribution in [0.4, 0.5) is 0 Å². The molecule has 0 bridgehead atoms. The van der Waals surface area contributed by atoms with E-state index >= 15 is 0 Å². The highest BCUT2D eigenvalue weighted by Crippen LogP contribution is 2.20. The van der Waals surface area contributed by atoms with E-state index in [0.29, 0.717) is 15.9 Å². The molecule has 2 rings (SSSR count). The van der Waals surface area contributed by atoms with Gasteiger partial charge in [0.15, 0.2) is 0 Å². The predicted molar refractivity (Wildman–Crippen MR) is 71.7 cm³/mol. The first-order valence-electron chi connectivity index (χ1n) is 5.61. The molecule has 1 aromatic heterocycles. The summed E-state index contributed by atoms with van der Waals surface area (Å²) in [6.45, 7) is 5.22. The summed E-state index contributed by atoms with van der Waals surface area (Å²) in [5, 5.41) is 15.2. The second kappa shape index (κ2) is 6.41. The number of aromatic nitrogens is 3. The molecule has 0 radical (unpaired) electrons. The number of nitrogens with zero attached hydrogens (tertiary/aromatic N) is 4. The maximum atomic E-state index is 10.9. The molecule has 9 nitrogen and oxygen atoms in total. The normalized spacial score (nSPS) is 10.7. The molecule has 0 atom stereocenters. The van der Waals surface area contributed by atoms with Gasteiger partial charge in [-0.05, 0) is 31.9 Å². The van der Waals surface area contributed by atoms with Crippen molar-refractivity contribution in [2.75, 3.05) is 0 Å². The van der Waals surface area contributed by atoms with Crippen LogP contribution in [0.15, 0.2) is 23.2 Å². The molecule has 0 aliphatic rings. The Labute approximate surface area is 121 Å². The Kier molecular flexibility index (Phi) is 5.11. The van der Waals surface area contributed by atoms with Crippen molar-refractivity contribution >= 4 is 10.1 Å². The zero-order valence-corrected chi connectivity index (χ0v) is 12.3. The van der Waals surface area contributed by atoms with Crippen LogP contribution in [0.25, 0.3) is 0 Å². The van der Waals surface area contributed by atoms with E-state index in [1.165, 1.54) is 0 Å². The highest BCUT2D eigenvalue weighted by atomic mass is 32.2. The van der Waals surface area contributed by atoms with Crippen LogP contribution in [-0.4, -0.2) is 33.1 Å². The van der Waals surface area contributed by atoms with Gasteiger partial charge in [-0.3, -0.25) is 10.7 Å². The average molecular weight is 313 g/mol. The number of rotatable bonds is 2. The zero-order chi connectivity index (χ0) is 16.2. The van der Waals surface area contributed by atoms with E-state index in [-0.39, 0.29) is 4.90 Å². The average Bonchev–Trinajstić information content (AvgIpc) is 2.78. The van der Waals surface area contributed by atoms with Crippen molar-refractivity contribution in [3.8, 4) is 0 Å². The van der Waals surface area contributed by atoms with Crippen LogP contribution in [0.3, 0.4) is 0 Å². The van der Waals surface area contributed by atoms with Crippen molar-refractivity contribution in [3.05, 3.63) is 51.3 Å². The first kappa shape index (κ1) is 16.7. The summed E-state index contributed by atoms with van der Waals surface area (Å²) in [4.78, 5) is 10.1. The van der Waals surface area contributed by atoms with Gasteiger partial charge in [-0.25, -0.2) is 0 Å². The molecule has 0 fully saturated rings. The fourth-order valence-corrected chi connectivity index (χ4v) is 2.76. The van der Waals surface area contributed by atoms with E-state index in [1.54, 1.807) is 26.0 Å². The highest BCUT2D eigenvalue weighted by Gasteiger charge is 2.15. The molecule has 21 heavy (non-hydrogen) atoms. The monoisotopic (exact) mass is 313 g/mol. The van der Waals surface area contributed by atoms with Gasteiger partial charge in [0.2, 0.25) is 0 Å². The molecule has 1 N–H and O–H groups in total. The van der Waals surface area contributed by atoms with Gasteiger partial charge in [0.05, 0.1) is 4.90 Å². The summed E-state index contributed by atoms with van der Waals surface area (Å²) in [6, 6.07) is 3.46. The summed E-state index contributed by atoms with van der Waals surface area (Å²) in [5.41, 5.74) is 2.16. The standard InChI is InChI=1S/C9H12O3S.C2HN4O2/c1-6-4-7(2)9(8(3)5-6)13(10,11)12;7-6(8)5-2-1-3-4-5/h4-5H,1-3H3,(H,10,11,12);1H/q;-1. The second-order valence-corrected chi connectivity index (χ2v) is 5.55. The number of aryl methyl sites for hydroxylation is 3. The quantitative estimate of drug-likeness (QED) is 0.378. The largest absolute Gasteiger partial charge is 0.341 e. The molecule has 0 spiro atoms. The minimum Gasteiger partial charge on any atom is -0.341 e. The van der Waals surface area contributed by atoms with Gasteiger partial charge in [0.1, 0.15) is 5.21 Å². The smallest absolute Gasteiger partial charge is 0.295 e. The van der Waals surface area contributed by atoms with Gasteiger partial charge in [-0.2, -0.15) is 8.42 Å². The first-order valence-corrected chi connectivity index (χ1v) is 7.05. The third-order valence-electron chi connectivity index (χ3n) is 2.38. The van der Waals surface area contributed by atoms with Crippen LogP contribution >= 0.6 is 0 Å². The Morgan fingerprint density at radius 1 is 1.29 bits per heavy atom. The number of hydrogen-bond donors (Lipinski definition) is 1. The van der Waals surface area contributed by atoms with Gasteiger partial charge in [-0.1, -0.05) is 29.0 Å². The topological polar surface area (TPSA) is 128 Å². The van der Waals surface area contributed by atoms with E-state index in [1.807, 2.05) is 6.92 Å². The van der Waals surface area contributed by atoms with Crippen molar-refractivity contribution in [1.82, 2.24) is 15.1 Å². The molecular weight excluding hydrogens is 300 g/mol. The van der Waals surface area contributed by atoms with E-state index in [0.717, 1.165) is 11.8 Å². The molecular formula is C11H13N4O5S-. The minimum atomic E-state index is -4.08. The summed E-state index contributed by atoms with van der Waals surface area (Å²) >= 11 is 0. The fourth-order valence-electron chi connectivity index (χ4n) is 1.83. The van der Waals surface area contributed by atoms with E-state index < -0.39 is 15.2 Å². The Morgan fingerprint density at radius 2 is 1.81 bits per heavy atom. The van der Waals surface area contributed by atoms with Crippen LogP contribution in [0.2, 0.25) is 0 Å². The number of hydrogen-bond acceptors (Lipinski definition) is 6. The minimum absolute atomic E-state index is 0.0260. The van der Waals surface area contributed by atoms with Crippen LogP contribution in [0.1, 0.15) is 16.7 Å². The van der Waals surface area contributed by atoms with Gasteiger partial charge < -0.3 is 10.1 Å². The molecule has 0 amide bonds. The third-order valence-corrected chi connectivity index (χ3v) is 3.54. The van der Waals surface area contributed by atoms with E-state index in [2.05, 4.69) is 16.5 Å². The molecule has 1 aromatic carbocycles. The number of nitro groups is 1. The maximum absolute atomic E-state index is 10.9. The van der Waals surface area contributed by atoms with E-state index in [9.17, 15) is 18.5 Å². The summed E-state index contributed by atoms with van der Waals surface area (Å²) < 4.78 is 30.8. The summed E-state index contributed by atoms with van der Waals surface area (Å²) in [6.07, 6.45) is 3.25. The van der Waals surface area contributed by atoms with Gasteiger partial charge >= 0.3 is 0 Å². The van der Waals surface area contributed by atoms with Crippen LogP contribution < -0.4 is 0 Å². The molecule has 2 aromatic rings. The Balaban J connectivity index is 0.000000235. The van der Waals surface area contributed by atoms with Crippen molar-refractivity contribution < 1.29 is 18.0 Å². The molecule has 0 aliphatic carbocycles. The molecule has 0 aliphatic heterocycles. The van der Waals surface area contributed by atoms with Gasteiger partial charge in [-0.15, -0.1) is 4.79 Å². The lowest BCUT2D eigenvalue weighted by Gasteiger charge is -2.07. The van der Waals surface area contributed by atoms with Crippen LogP contribution in [0.5, 0.6) is 0 Å². The molecule has 0 saturated carbocycles.